The van der Waals surface area contributed by atoms with Crippen molar-refractivity contribution >= 4 is 17.5 Å². The first kappa shape index (κ1) is 11.8. The lowest BCUT2D eigenvalue weighted by Gasteiger charge is -2.06. The Labute approximate surface area is 104 Å². The van der Waals surface area contributed by atoms with Crippen LogP contribution in [-0.2, 0) is 0 Å². The van der Waals surface area contributed by atoms with Gasteiger partial charge in [-0.05, 0) is 24.3 Å². The highest BCUT2D eigenvalue weighted by molar-refractivity contribution is 8.00. The number of rotatable bonds is 5. The van der Waals surface area contributed by atoms with Gasteiger partial charge in [-0.3, -0.25) is 4.79 Å². The molecule has 2 rings (SSSR count). The molecule has 1 N–H and O–H groups in total. The first-order chi connectivity index (χ1) is 8.31. The summed E-state index contributed by atoms with van der Waals surface area (Å²) >= 11 is 1.48. The lowest BCUT2D eigenvalue weighted by molar-refractivity contribution is 0.101. The lowest BCUT2D eigenvalue weighted by Crippen LogP contribution is -2.02. The van der Waals surface area contributed by atoms with E-state index in [0.29, 0.717) is 11.4 Å². The van der Waals surface area contributed by atoms with Crippen molar-refractivity contribution in [2.45, 2.75) is 4.90 Å². The van der Waals surface area contributed by atoms with Crippen LogP contribution in [0.3, 0.4) is 0 Å². The van der Waals surface area contributed by atoms with Crippen LogP contribution in [0.2, 0.25) is 0 Å². The molecule has 17 heavy (non-hydrogen) atoms. The molecule has 88 valence electrons. The minimum Gasteiger partial charge on any atom is -0.496 e. The highest BCUT2D eigenvalue weighted by Gasteiger charge is 2.09. The Morgan fingerprint density at radius 2 is 2.12 bits per heavy atom. The minimum absolute atomic E-state index is 0.0888. The Balaban J connectivity index is 2.00. The summed E-state index contributed by atoms with van der Waals surface area (Å²) in [6.45, 7) is 0. The molecule has 0 fully saturated rings. The molecule has 3 nitrogen and oxygen atoms in total. The van der Waals surface area contributed by atoms with E-state index in [-0.39, 0.29) is 5.78 Å². The van der Waals surface area contributed by atoms with Crippen molar-refractivity contribution in [1.82, 2.24) is 4.98 Å². The highest BCUT2D eigenvalue weighted by Crippen LogP contribution is 2.28. The number of hydrogen-bond acceptors (Lipinski definition) is 3. The molecule has 0 amide bonds. The molecule has 1 aromatic heterocycles. The summed E-state index contributed by atoms with van der Waals surface area (Å²) in [6, 6.07) is 11.3. The van der Waals surface area contributed by atoms with Crippen LogP contribution in [0.15, 0.2) is 47.5 Å². The van der Waals surface area contributed by atoms with Crippen molar-refractivity contribution in [3.63, 3.8) is 0 Å². The van der Waals surface area contributed by atoms with E-state index in [0.717, 1.165) is 10.6 Å². The van der Waals surface area contributed by atoms with Gasteiger partial charge in [0.25, 0.3) is 0 Å². The average Bonchev–Trinajstić information content (AvgIpc) is 2.90. The number of benzene rings is 1. The van der Waals surface area contributed by atoms with Crippen LogP contribution in [0, 0.1) is 0 Å². The van der Waals surface area contributed by atoms with E-state index < -0.39 is 0 Å². The standard InChI is InChI=1S/C13H13NO2S/c1-16-12-6-2-3-7-13(12)17-9-11(15)10-5-4-8-14-10/h2-8,14H,9H2,1H3. The fourth-order valence-electron chi connectivity index (χ4n) is 1.46. The Hall–Kier alpha value is -1.68. The molecule has 1 aromatic carbocycles. The van der Waals surface area contributed by atoms with Crippen molar-refractivity contribution in [2.75, 3.05) is 12.9 Å². The van der Waals surface area contributed by atoms with Gasteiger partial charge in [0.05, 0.1) is 18.6 Å². The predicted molar refractivity (Wildman–Crippen MR) is 68.8 cm³/mol. The molecule has 4 heteroatoms. The van der Waals surface area contributed by atoms with E-state index in [9.17, 15) is 4.79 Å². The second-order valence-electron chi connectivity index (χ2n) is 3.45. The van der Waals surface area contributed by atoms with Crippen molar-refractivity contribution in [3.05, 3.63) is 48.3 Å². The summed E-state index contributed by atoms with van der Waals surface area (Å²) in [5.74, 6) is 1.30. The monoisotopic (exact) mass is 247 g/mol. The number of aromatic nitrogens is 1. The molecule has 0 saturated heterocycles. The van der Waals surface area contributed by atoms with Crippen LogP contribution in [0.1, 0.15) is 10.5 Å². The largest absolute Gasteiger partial charge is 0.496 e. The van der Waals surface area contributed by atoms with Gasteiger partial charge in [0, 0.05) is 11.1 Å². The molecule has 0 atom stereocenters. The molecule has 0 aliphatic heterocycles. The smallest absolute Gasteiger partial charge is 0.189 e. The Morgan fingerprint density at radius 3 is 2.82 bits per heavy atom. The molecular formula is C13H13NO2S. The van der Waals surface area contributed by atoms with Gasteiger partial charge in [-0.1, -0.05) is 12.1 Å². The summed E-state index contributed by atoms with van der Waals surface area (Å²) in [4.78, 5) is 15.7. The molecule has 0 aliphatic rings. The Bertz CT molecular complexity index is 494. The number of aromatic amines is 1. The fraction of sp³-hybridized carbons (Fsp3) is 0.154. The van der Waals surface area contributed by atoms with Crippen LogP contribution in [0.25, 0.3) is 0 Å². The van der Waals surface area contributed by atoms with Gasteiger partial charge in [-0.25, -0.2) is 0 Å². The second-order valence-corrected chi connectivity index (χ2v) is 4.46. The molecule has 0 bridgehead atoms. The van der Waals surface area contributed by atoms with Gasteiger partial charge in [0.2, 0.25) is 0 Å². The first-order valence-electron chi connectivity index (χ1n) is 5.23. The Morgan fingerprint density at radius 1 is 1.29 bits per heavy atom. The summed E-state index contributed by atoms with van der Waals surface area (Å²) < 4.78 is 5.23. The number of ketones is 1. The average molecular weight is 247 g/mol. The second kappa shape index (κ2) is 5.59. The van der Waals surface area contributed by atoms with Crippen LogP contribution in [-0.4, -0.2) is 23.6 Å². The number of hydrogen-bond donors (Lipinski definition) is 1. The van der Waals surface area contributed by atoms with Crippen molar-refractivity contribution in [1.29, 1.82) is 0 Å². The number of Topliss-reactive ketones (excluding diaryl/α,β-unsaturated/α-hetero) is 1. The van der Waals surface area contributed by atoms with Gasteiger partial charge in [0.1, 0.15) is 5.75 Å². The lowest BCUT2D eigenvalue weighted by atomic mass is 10.3. The molecular weight excluding hydrogens is 234 g/mol. The molecule has 1 heterocycles. The number of thioether (sulfide) groups is 1. The summed E-state index contributed by atoms with van der Waals surface area (Å²) in [5, 5.41) is 0. The third kappa shape index (κ3) is 2.91. The molecule has 0 aliphatic carbocycles. The number of para-hydroxylation sites is 1. The van der Waals surface area contributed by atoms with Gasteiger partial charge < -0.3 is 9.72 Å². The molecule has 0 spiro atoms. The van der Waals surface area contributed by atoms with E-state index in [1.807, 2.05) is 30.3 Å². The SMILES string of the molecule is COc1ccccc1SCC(=O)c1ccc[nH]1. The normalized spacial score (nSPS) is 10.2. The van der Waals surface area contributed by atoms with Crippen LogP contribution < -0.4 is 4.74 Å². The third-order valence-electron chi connectivity index (χ3n) is 2.33. The van der Waals surface area contributed by atoms with Gasteiger partial charge in [-0.15, -0.1) is 11.8 Å². The summed E-state index contributed by atoms with van der Waals surface area (Å²) in [5.41, 5.74) is 0.646. The van der Waals surface area contributed by atoms with Gasteiger partial charge in [0.15, 0.2) is 5.78 Å². The molecule has 0 unspecified atom stereocenters. The number of carbonyl (C=O) groups is 1. The van der Waals surface area contributed by atoms with E-state index in [1.165, 1.54) is 11.8 Å². The van der Waals surface area contributed by atoms with E-state index >= 15 is 0 Å². The zero-order valence-electron chi connectivity index (χ0n) is 9.47. The molecule has 2 aromatic rings. The maximum atomic E-state index is 11.8. The van der Waals surface area contributed by atoms with E-state index in [4.69, 9.17) is 4.74 Å². The highest BCUT2D eigenvalue weighted by atomic mass is 32.2. The number of H-pyrrole nitrogens is 1. The van der Waals surface area contributed by atoms with Gasteiger partial charge >= 0.3 is 0 Å². The van der Waals surface area contributed by atoms with Crippen LogP contribution >= 0.6 is 11.8 Å². The van der Waals surface area contributed by atoms with Crippen LogP contribution in [0.5, 0.6) is 5.75 Å². The number of methoxy groups -OCH3 is 1. The molecule has 0 radical (unpaired) electrons. The van der Waals surface area contributed by atoms with Crippen molar-refractivity contribution in [3.8, 4) is 5.75 Å². The number of ether oxygens (including phenoxy) is 1. The maximum Gasteiger partial charge on any atom is 0.189 e. The first-order valence-corrected chi connectivity index (χ1v) is 6.22. The zero-order valence-corrected chi connectivity index (χ0v) is 10.3. The zero-order chi connectivity index (χ0) is 12.1. The van der Waals surface area contributed by atoms with Crippen LogP contribution in [0.4, 0.5) is 0 Å². The summed E-state index contributed by atoms with van der Waals surface area (Å²) in [6.07, 6.45) is 1.75. The Kier molecular flexibility index (Phi) is 3.88. The molecule has 0 saturated carbocycles. The number of carbonyl (C=O) groups excluding carboxylic acids is 1. The number of nitrogens with one attached hydrogen (secondary N) is 1. The minimum atomic E-state index is 0.0888. The quantitative estimate of drug-likeness (QED) is 0.652. The fourth-order valence-corrected chi connectivity index (χ4v) is 2.37. The van der Waals surface area contributed by atoms with E-state index in [2.05, 4.69) is 4.98 Å². The van der Waals surface area contributed by atoms with Gasteiger partial charge in [-0.2, -0.15) is 0 Å². The maximum absolute atomic E-state index is 11.8. The van der Waals surface area contributed by atoms with E-state index in [1.54, 1.807) is 19.4 Å². The topological polar surface area (TPSA) is 42.1 Å². The summed E-state index contributed by atoms with van der Waals surface area (Å²) in [7, 11) is 1.63. The third-order valence-corrected chi connectivity index (χ3v) is 3.38. The van der Waals surface area contributed by atoms with Crippen molar-refractivity contribution < 1.29 is 9.53 Å². The van der Waals surface area contributed by atoms with Crippen molar-refractivity contribution in [2.24, 2.45) is 0 Å². The predicted octanol–water partition coefficient (Wildman–Crippen LogP) is 3.00.